The molecule has 0 bridgehead atoms. The van der Waals surface area contributed by atoms with Crippen LogP contribution in [-0.2, 0) is 4.79 Å². The van der Waals surface area contributed by atoms with Crippen LogP contribution in [0.15, 0.2) is 59.0 Å². The van der Waals surface area contributed by atoms with E-state index in [0.29, 0.717) is 28.3 Å². The number of amides is 1. The van der Waals surface area contributed by atoms with Crippen LogP contribution >= 0.6 is 11.6 Å². The highest BCUT2D eigenvalue weighted by Crippen LogP contribution is 2.29. The van der Waals surface area contributed by atoms with E-state index in [1.54, 1.807) is 0 Å². The van der Waals surface area contributed by atoms with Crippen LogP contribution in [0, 0.1) is 13.8 Å². The monoisotopic (exact) mass is 462 g/mol. The van der Waals surface area contributed by atoms with Crippen molar-refractivity contribution in [1.29, 1.82) is 0 Å². The quantitative estimate of drug-likeness (QED) is 0.313. The number of aryl methyl sites for hydroxylation is 2. The minimum absolute atomic E-state index is 0.105. The van der Waals surface area contributed by atoms with Gasteiger partial charge in [0.05, 0.1) is 0 Å². The SMILES string of the molecule is CCC(C)c1ccc2oc(-c3cccc(NC(=O)COc4cc(C)c(Cl)c(C)c4)c3)nc2c1. The molecule has 33 heavy (non-hydrogen) atoms. The number of hydrogen-bond acceptors (Lipinski definition) is 4. The van der Waals surface area contributed by atoms with Crippen LogP contribution < -0.4 is 10.1 Å². The van der Waals surface area contributed by atoms with Gasteiger partial charge in [0.25, 0.3) is 5.91 Å². The molecule has 1 atom stereocenters. The molecule has 0 fully saturated rings. The number of aromatic nitrogens is 1. The Kier molecular flexibility index (Phi) is 6.70. The van der Waals surface area contributed by atoms with Gasteiger partial charge in [-0.15, -0.1) is 0 Å². The Hall–Kier alpha value is -3.31. The second kappa shape index (κ2) is 9.67. The highest BCUT2D eigenvalue weighted by molar-refractivity contribution is 6.32. The number of anilines is 1. The zero-order valence-corrected chi connectivity index (χ0v) is 20.0. The lowest BCUT2D eigenvalue weighted by Gasteiger charge is -2.10. The predicted molar refractivity (Wildman–Crippen MR) is 133 cm³/mol. The number of nitrogens with zero attached hydrogens (tertiary/aromatic N) is 1. The number of hydrogen-bond donors (Lipinski definition) is 1. The zero-order valence-electron chi connectivity index (χ0n) is 19.2. The summed E-state index contributed by atoms with van der Waals surface area (Å²) >= 11 is 6.19. The van der Waals surface area contributed by atoms with Gasteiger partial charge in [0, 0.05) is 16.3 Å². The van der Waals surface area contributed by atoms with Crippen molar-refractivity contribution >= 4 is 34.3 Å². The number of benzene rings is 3. The Morgan fingerprint density at radius 2 is 1.88 bits per heavy atom. The molecule has 0 spiro atoms. The fourth-order valence-corrected chi connectivity index (χ4v) is 3.78. The van der Waals surface area contributed by atoms with E-state index >= 15 is 0 Å². The number of fused-ring (bicyclic) bond motifs is 1. The highest BCUT2D eigenvalue weighted by Gasteiger charge is 2.12. The van der Waals surface area contributed by atoms with Crippen LogP contribution in [0.2, 0.25) is 5.02 Å². The summed E-state index contributed by atoms with van der Waals surface area (Å²) in [6.07, 6.45) is 1.07. The topological polar surface area (TPSA) is 64.4 Å². The van der Waals surface area contributed by atoms with Gasteiger partial charge in [0.2, 0.25) is 5.89 Å². The smallest absolute Gasteiger partial charge is 0.262 e. The van der Waals surface area contributed by atoms with E-state index in [-0.39, 0.29) is 12.5 Å². The standard InChI is InChI=1S/C27H27ClN2O3/c1-5-16(2)19-9-10-24-23(14-19)30-27(33-24)20-7-6-8-21(13-20)29-25(31)15-32-22-11-17(3)26(28)18(4)12-22/h6-14,16H,5,15H2,1-4H3,(H,29,31). The summed E-state index contributed by atoms with van der Waals surface area (Å²) in [6.45, 7) is 8.08. The summed E-state index contributed by atoms with van der Waals surface area (Å²) in [5, 5.41) is 3.58. The second-order valence-corrected chi connectivity index (χ2v) is 8.72. The number of oxazole rings is 1. The molecule has 0 aliphatic rings. The molecule has 0 aliphatic heterocycles. The van der Waals surface area contributed by atoms with Gasteiger partial charge in [0.15, 0.2) is 12.2 Å². The first-order valence-electron chi connectivity index (χ1n) is 11.0. The Balaban J connectivity index is 1.46. The van der Waals surface area contributed by atoms with Gasteiger partial charge in [-0.1, -0.05) is 37.6 Å². The molecular weight excluding hydrogens is 436 g/mol. The molecule has 0 aliphatic carbocycles. The summed E-state index contributed by atoms with van der Waals surface area (Å²) in [5.74, 6) is 1.34. The van der Waals surface area contributed by atoms with E-state index in [1.807, 2.05) is 56.3 Å². The first-order valence-corrected chi connectivity index (χ1v) is 11.4. The lowest BCUT2D eigenvalue weighted by Crippen LogP contribution is -2.20. The van der Waals surface area contributed by atoms with Crippen LogP contribution in [-0.4, -0.2) is 17.5 Å². The Bertz CT molecular complexity index is 1290. The Morgan fingerprint density at radius 3 is 2.61 bits per heavy atom. The van der Waals surface area contributed by atoms with Crippen molar-refractivity contribution in [3.8, 4) is 17.2 Å². The molecule has 1 N–H and O–H groups in total. The van der Waals surface area contributed by atoms with Crippen LogP contribution in [0.4, 0.5) is 5.69 Å². The molecule has 1 heterocycles. The maximum Gasteiger partial charge on any atom is 0.262 e. The average molecular weight is 463 g/mol. The molecule has 170 valence electrons. The number of halogens is 1. The van der Waals surface area contributed by atoms with E-state index in [2.05, 4.69) is 36.3 Å². The van der Waals surface area contributed by atoms with Gasteiger partial charge < -0.3 is 14.5 Å². The lowest BCUT2D eigenvalue weighted by atomic mass is 9.98. The van der Waals surface area contributed by atoms with Crippen LogP contribution in [0.3, 0.4) is 0 Å². The first-order chi connectivity index (χ1) is 15.8. The van der Waals surface area contributed by atoms with E-state index < -0.39 is 0 Å². The molecule has 6 heteroatoms. The third kappa shape index (κ3) is 5.20. The summed E-state index contributed by atoms with van der Waals surface area (Å²) < 4.78 is 11.6. The zero-order chi connectivity index (χ0) is 23.5. The molecule has 5 nitrogen and oxygen atoms in total. The molecule has 1 aromatic heterocycles. The van der Waals surface area contributed by atoms with Crippen LogP contribution in [0.1, 0.15) is 42.9 Å². The maximum atomic E-state index is 12.4. The van der Waals surface area contributed by atoms with Crippen molar-refractivity contribution in [2.24, 2.45) is 0 Å². The fourth-order valence-electron chi connectivity index (χ4n) is 3.68. The van der Waals surface area contributed by atoms with Gasteiger partial charge >= 0.3 is 0 Å². The van der Waals surface area contributed by atoms with Crippen molar-refractivity contribution in [2.75, 3.05) is 11.9 Å². The minimum atomic E-state index is -0.256. The molecule has 0 saturated heterocycles. The Labute approximate surface area is 198 Å². The normalized spacial score (nSPS) is 12.0. The van der Waals surface area contributed by atoms with Crippen molar-refractivity contribution in [2.45, 2.75) is 40.0 Å². The first kappa shape index (κ1) is 22.9. The third-order valence-electron chi connectivity index (χ3n) is 5.77. The predicted octanol–water partition coefficient (Wildman–Crippen LogP) is 7.30. The summed E-state index contributed by atoms with van der Waals surface area (Å²) in [7, 11) is 0. The second-order valence-electron chi connectivity index (χ2n) is 8.34. The van der Waals surface area contributed by atoms with Crippen molar-refractivity contribution in [3.63, 3.8) is 0 Å². The molecule has 1 unspecified atom stereocenters. The minimum Gasteiger partial charge on any atom is -0.484 e. The lowest BCUT2D eigenvalue weighted by molar-refractivity contribution is -0.118. The molecule has 1 amide bonds. The van der Waals surface area contributed by atoms with Gasteiger partial charge in [0.1, 0.15) is 11.3 Å². The molecule has 4 rings (SSSR count). The van der Waals surface area contributed by atoms with Crippen molar-refractivity contribution < 1.29 is 13.9 Å². The van der Waals surface area contributed by atoms with Crippen LogP contribution in [0.25, 0.3) is 22.6 Å². The summed E-state index contributed by atoms with van der Waals surface area (Å²) in [5.41, 5.74) is 6.08. The van der Waals surface area contributed by atoms with E-state index in [9.17, 15) is 4.79 Å². The van der Waals surface area contributed by atoms with E-state index in [4.69, 9.17) is 20.8 Å². The molecule has 0 radical (unpaired) electrons. The molecule has 0 saturated carbocycles. The van der Waals surface area contributed by atoms with Gasteiger partial charge in [-0.05, 0) is 85.3 Å². The number of rotatable bonds is 7. The largest absolute Gasteiger partial charge is 0.484 e. The number of ether oxygens (including phenoxy) is 1. The van der Waals surface area contributed by atoms with Gasteiger partial charge in [-0.25, -0.2) is 4.98 Å². The highest BCUT2D eigenvalue weighted by atomic mass is 35.5. The summed E-state index contributed by atoms with van der Waals surface area (Å²) in [6, 6.07) is 17.2. The van der Waals surface area contributed by atoms with E-state index in [0.717, 1.165) is 34.2 Å². The third-order valence-corrected chi connectivity index (χ3v) is 6.36. The van der Waals surface area contributed by atoms with Gasteiger partial charge in [-0.3, -0.25) is 4.79 Å². The molecule has 3 aromatic carbocycles. The number of carbonyl (C=O) groups excluding carboxylic acids is 1. The van der Waals surface area contributed by atoms with Gasteiger partial charge in [-0.2, -0.15) is 0 Å². The molecular formula is C27H27ClN2O3. The van der Waals surface area contributed by atoms with Crippen molar-refractivity contribution in [3.05, 3.63) is 76.3 Å². The number of carbonyl (C=O) groups is 1. The van der Waals surface area contributed by atoms with E-state index in [1.165, 1.54) is 5.56 Å². The number of nitrogens with one attached hydrogen (secondary N) is 1. The van der Waals surface area contributed by atoms with Crippen LogP contribution in [0.5, 0.6) is 5.75 Å². The summed E-state index contributed by atoms with van der Waals surface area (Å²) in [4.78, 5) is 17.1. The maximum absolute atomic E-state index is 12.4. The Morgan fingerprint density at radius 1 is 1.12 bits per heavy atom. The van der Waals surface area contributed by atoms with Crippen molar-refractivity contribution in [1.82, 2.24) is 4.98 Å². The average Bonchev–Trinajstić information content (AvgIpc) is 3.24. The molecule has 4 aromatic rings. The fraction of sp³-hybridized carbons (Fsp3) is 0.259.